The number of hydrogen-bond donors (Lipinski definition) is 1. The molecule has 8 heteroatoms. The molecule has 3 rings (SSSR count). The number of aryl methyl sites for hydroxylation is 1. The number of hydrogen-bond acceptors (Lipinski definition) is 5. The highest BCUT2D eigenvalue weighted by Crippen LogP contribution is 2.22. The molecule has 1 aliphatic heterocycles. The number of rotatable bonds is 5. The van der Waals surface area contributed by atoms with Crippen molar-refractivity contribution in [2.45, 2.75) is 25.6 Å². The van der Waals surface area contributed by atoms with Gasteiger partial charge in [0.05, 0.1) is 24.5 Å². The zero-order valence-corrected chi connectivity index (χ0v) is 14.2. The van der Waals surface area contributed by atoms with E-state index in [-0.39, 0.29) is 5.91 Å². The van der Waals surface area contributed by atoms with Crippen LogP contribution in [-0.4, -0.2) is 53.8 Å². The molecule has 0 bridgehead atoms. The lowest BCUT2D eigenvalue weighted by atomic mass is 10.2. The fourth-order valence-electron chi connectivity index (χ4n) is 2.76. The Kier molecular flexibility index (Phi) is 4.72. The van der Waals surface area contributed by atoms with Crippen molar-refractivity contribution < 1.29 is 9.90 Å². The molecule has 0 unspecified atom stereocenters. The van der Waals surface area contributed by atoms with Gasteiger partial charge in [0.15, 0.2) is 6.10 Å². The summed E-state index contributed by atoms with van der Waals surface area (Å²) in [5.74, 6) is 1.59. The first-order valence-electron chi connectivity index (χ1n) is 7.58. The Labute approximate surface area is 139 Å². The summed E-state index contributed by atoms with van der Waals surface area (Å²) in [6.45, 7) is 1.88. The molecular formula is C15H21N5O2S. The van der Waals surface area contributed by atoms with Crippen LogP contribution in [0.4, 0.5) is 0 Å². The number of amides is 1. The lowest BCUT2D eigenvalue weighted by Crippen LogP contribution is -2.38. The molecule has 23 heavy (non-hydrogen) atoms. The van der Waals surface area contributed by atoms with Crippen LogP contribution in [0.5, 0.6) is 0 Å². The summed E-state index contributed by atoms with van der Waals surface area (Å²) in [6.07, 6.45) is 5.16. The highest BCUT2D eigenvalue weighted by Gasteiger charge is 2.25. The Morgan fingerprint density at radius 2 is 2.30 bits per heavy atom. The zero-order chi connectivity index (χ0) is 16.4. The molecule has 2 aromatic heterocycles. The van der Waals surface area contributed by atoms with Crippen LogP contribution in [0.15, 0.2) is 18.5 Å². The van der Waals surface area contributed by atoms with Crippen molar-refractivity contribution in [3.63, 3.8) is 0 Å². The van der Waals surface area contributed by atoms with Gasteiger partial charge in [-0.1, -0.05) is 0 Å². The number of aliphatic hydroxyl groups is 1. The van der Waals surface area contributed by atoms with E-state index in [2.05, 4.69) is 10.1 Å². The minimum absolute atomic E-state index is 0.179. The summed E-state index contributed by atoms with van der Waals surface area (Å²) in [7, 11) is 1.84. The third kappa shape index (κ3) is 3.28. The lowest BCUT2D eigenvalue weighted by molar-refractivity contribution is -0.132. The molecule has 124 valence electrons. The quantitative estimate of drug-likeness (QED) is 0.874. The van der Waals surface area contributed by atoms with Crippen molar-refractivity contribution in [3.8, 4) is 0 Å². The van der Waals surface area contributed by atoms with Crippen LogP contribution >= 0.6 is 11.8 Å². The third-order valence-corrected chi connectivity index (χ3v) is 4.69. The van der Waals surface area contributed by atoms with Gasteiger partial charge in [-0.2, -0.15) is 16.9 Å². The molecule has 0 radical (unpaired) electrons. The van der Waals surface area contributed by atoms with E-state index in [9.17, 15) is 9.90 Å². The molecule has 2 aromatic rings. The van der Waals surface area contributed by atoms with Crippen molar-refractivity contribution in [2.75, 3.05) is 18.6 Å². The standard InChI is InChI=1S/C15H21N5O2S/c1-18-5-4-16-15(18)14(22)12-9-11-10-19(6-7-20(11)17-12)13(21)3-8-23-2/h4-5,9,14,22H,3,6-8,10H2,1-2H3/t14-/m1/s1. The van der Waals surface area contributed by atoms with Crippen LogP contribution in [0.25, 0.3) is 0 Å². The predicted octanol–water partition coefficient (Wildman–Crippen LogP) is 0.794. The zero-order valence-electron chi connectivity index (χ0n) is 13.3. The Balaban J connectivity index is 1.74. The number of aromatic nitrogens is 4. The first-order valence-corrected chi connectivity index (χ1v) is 8.98. The second-order valence-corrected chi connectivity index (χ2v) is 6.63. The fraction of sp³-hybridized carbons (Fsp3) is 0.533. The van der Waals surface area contributed by atoms with E-state index in [1.54, 1.807) is 28.7 Å². The van der Waals surface area contributed by atoms with Crippen LogP contribution in [0, 0.1) is 0 Å². The lowest BCUT2D eigenvalue weighted by Gasteiger charge is -2.27. The average Bonchev–Trinajstić information content (AvgIpc) is 3.17. The van der Waals surface area contributed by atoms with Crippen LogP contribution < -0.4 is 0 Å². The minimum atomic E-state index is -0.853. The van der Waals surface area contributed by atoms with Crippen molar-refractivity contribution in [3.05, 3.63) is 35.7 Å². The van der Waals surface area contributed by atoms with Gasteiger partial charge in [0, 0.05) is 38.2 Å². The minimum Gasteiger partial charge on any atom is -0.379 e. The number of carbonyl (C=O) groups excluding carboxylic acids is 1. The molecule has 0 aromatic carbocycles. The SMILES string of the molecule is CSCCC(=O)N1CCn2nc([C@@H](O)c3nccn3C)cc2C1. The van der Waals surface area contributed by atoms with E-state index >= 15 is 0 Å². The molecule has 7 nitrogen and oxygen atoms in total. The number of imidazole rings is 1. The Morgan fingerprint density at radius 3 is 3.00 bits per heavy atom. The second kappa shape index (κ2) is 6.76. The molecule has 0 saturated heterocycles. The smallest absolute Gasteiger partial charge is 0.223 e. The number of fused-ring (bicyclic) bond motifs is 1. The monoisotopic (exact) mass is 335 g/mol. The van der Waals surface area contributed by atoms with E-state index in [1.807, 2.05) is 29.0 Å². The van der Waals surface area contributed by atoms with Gasteiger partial charge in [-0.15, -0.1) is 0 Å². The van der Waals surface area contributed by atoms with E-state index in [4.69, 9.17) is 0 Å². The first-order chi connectivity index (χ1) is 11.1. The van der Waals surface area contributed by atoms with E-state index in [1.165, 1.54) is 0 Å². The number of carbonyl (C=O) groups is 1. The molecule has 0 fully saturated rings. The predicted molar refractivity (Wildman–Crippen MR) is 87.9 cm³/mol. The van der Waals surface area contributed by atoms with Crippen LogP contribution in [0.2, 0.25) is 0 Å². The van der Waals surface area contributed by atoms with Gasteiger partial charge in [0.25, 0.3) is 0 Å². The highest BCUT2D eigenvalue weighted by atomic mass is 32.2. The normalized spacial score (nSPS) is 15.5. The van der Waals surface area contributed by atoms with Gasteiger partial charge in [0.2, 0.25) is 5.91 Å². The van der Waals surface area contributed by atoms with Crippen molar-refractivity contribution in [1.82, 2.24) is 24.2 Å². The molecule has 0 spiro atoms. The van der Waals surface area contributed by atoms with E-state index in [0.29, 0.717) is 37.6 Å². The molecule has 1 aliphatic rings. The number of thioether (sulfide) groups is 1. The third-order valence-electron chi connectivity index (χ3n) is 4.07. The van der Waals surface area contributed by atoms with Crippen molar-refractivity contribution >= 4 is 17.7 Å². The maximum absolute atomic E-state index is 12.2. The summed E-state index contributed by atoms with van der Waals surface area (Å²) in [5, 5.41) is 14.9. The maximum Gasteiger partial charge on any atom is 0.223 e. The van der Waals surface area contributed by atoms with Gasteiger partial charge in [-0.25, -0.2) is 4.98 Å². The van der Waals surface area contributed by atoms with Gasteiger partial charge in [-0.05, 0) is 12.3 Å². The Morgan fingerprint density at radius 1 is 1.48 bits per heavy atom. The highest BCUT2D eigenvalue weighted by molar-refractivity contribution is 7.98. The second-order valence-electron chi connectivity index (χ2n) is 5.64. The summed E-state index contributed by atoms with van der Waals surface area (Å²) in [6, 6.07) is 1.87. The van der Waals surface area contributed by atoms with Crippen molar-refractivity contribution in [1.29, 1.82) is 0 Å². The van der Waals surface area contributed by atoms with Gasteiger partial charge >= 0.3 is 0 Å². The largest absolute Gasteiger partial charge is 0.379 e. The molecule has 1 atom stereocenters. The van der Waals surface area contributed by atoms with E-state index < -0.39 is 6.10 Å². The van der Waals surface area contributed by atoms with Crippen LogP contribution in [0.3, 0.4) is 0 Å². The van der Waals surface area contributed by atoms with Crippen LogP contribution in [0.1, 0.15) is 29.7 Å². The number of nitrogens with zero attached hydrogens (tertiary/aromatic N) is 5. The topological polar surface area (TPSA) is 76.2 Å². The summed E-state index contributed by atoms with van der Waals surface area (Å²) >= 11 is 1.68. The van der Waals surface area contributed by atoms with Crippen molar-refractivity contribution in [2.24, 2.45) is 7.05 Å². The molecular weight excluding hydrogens is 314 g/mol. The molecule has 1 amide bonds. The average molecular weight is 335 g/mol. The molecule has 0 aliphatic carbocycles. The summed E-state index contributed by atoms with van der Waals surface area (Å²) in [4.78, 5) is 18.2. The fourth-order valence-corrected chi connectivity index (χ4v) is 3.13. The van der Waals surface area contributed by atoms with Gasteiger partial charge in [0.1, 0.15) is 5.82 Å². The Bertz CT molecular complexity index is 696. The van der Waals surface area contributed by atoms with Gasteiger partial charge < -0.3 is 14.6 Å². The maximum atomic E-state index is 12.2. The summed E-state index contributed by atoms with van der Waals surface area (Å²) in [5.41, 5.74) is 1.53. The first kappa shape index (κ1) is 16.1. The van der Waals surface area contributed by atoms with Crippen LogP contribution in [-0.2, 0) is 24.9 Å². The summed E-state index contributed by atoms with van der Waals surface area (Å²) < 4.78 is 3.65. The molecule has 3 heterocycles. The van der Waals surface area contributed by atoms with Gasteiger partial charge in [-0.3, -0.25) is 9.48 Å². The molecule has 0 saturated carbocycles. The number of aliphatic hydroxyl groups excluding tert-OH is 1. The Hall–Kier alpha value is -1.80. The van der Waals surface area contributed by atoms with E-state index in [0.717, 1.165) is 11.4 Å². The molecule has 1 N–H and O–H groups in total.